The number of aliphatic hydroxyl groups is 1. The lowest BCUT2D eigenvalue weighted by Crippen LogP contribution is -2.36. The molecule has 0 unspecified atom stereocenters. The number of aliphatic hydroxyl groups excluding tert-OH is 1. The Hall–Kier alpha value is -2.55. The highest BCUT2D eigenvalue weighted by atomic mass is 16.3. The van der Waals surface area contributed by atoms with Crippen LogP contribution in [0.2, 0.25) is 0 Å². The van der Waals surface area contributed by atoms with Crippen LogP contribution in [0.4, 0.5) is 5.82 Å². The van der Waals surface area contributed by atoms with Gasteiger partial charge in [0.2, 0.25) is 0 Å². The van der Waals surface area contributed by atoms with Crippen molar-refractivity contribution in [3.8, 4) is 0 Å². The molecule has 0 radical (unpaired) electrons. The van der Waals surface area contributed by atoms with Crippen LogP contribution < -0.4 is 4.90 Å². The second kappa shape index (κ2) is 6.16. The molecule has 0 amide bonds. The van der Waals surface area contributed by atoms with Gasteiger partial charge in [0.05, 0.1) is 24.7 Å². The molecule has 4 rings (SSSR count). The molecule has 0 aliphatic carbocycles. The van der Waals surface area contributed by atoms with Crippen molar-refractivity contribution in [2.45, 2.75) is 25.3 Å². The molecule has 1 fully saturated rings. The average Bonchev–Trinajstić information content (AvgIpc) is 3.22. The summed E-state index contributed by atoms with van der Waals surface area (Å²) in [5, 5.41) is 22.7. The Morgan fingerprint density at radius 2 is 2.25 bits per heavy atom. The van der Waals surface area contributed by atoms with Crippen molar-refractivity contribution < 1.29 is 5.11 Å². The summed E-state index contributed by atoms with van der Waals surface area (Å²) in [6.07, 6.45) is 7.27. The van der Waals surface area contributed by atoms with E-state index >= 15 is 0 Å². The summed E-state index contributed by atoms with van der Waals surface area (Å²) in [6.45, 7) is 2.27. The van der Waals surface area contributed by atoms with E-state index in [0.29, 0.717) is 12.5 Å². The third-order valence-corrected chi connectivity index (χ3v) is 4.56. The number of hydrogen-bond acceptors (Lipinski definition) is 7. The van der Waals surface area contributed by atoms with Crippen LogP contribution >= 0.6 is 0 Å². The van der Waals surface area contributed by atoms with Crippen LogP contribution in [-0.4, -0.2) is 59.3 Å². The van der Waals surface area contributed by atoms with Crippen molar-refractivity contribution in [3.63, 3.8) is 0 Å². The van der Waals surface area contributed by atoms with E-state index in [9.17, 15) is 0 Å². The third-order valence-electron chi connectivity index (χ3n) is 4.56. The van der Waals surface area contributed by atoms with Gasteiger partial charge >= 0.3 is 0 Å². The zero-order chi connectivity index (χ0) is 16.5. The maximum absolute atomic E-state index is 9.15. The summed E-state index contributed by atoms with van der Waals surface area (Å²) < 4.78 is 3.70. The van der Waals surface area contributed by atoms with Gasteiger partial charge in [-0.05, 0) is 12.8 Å². The Kier molecular flexibility index (Phi) is 3.85. The fourth-order valence-corrected chi connectivity index (χ4v) is 3.43. The van der Waals surface area contributed by atoms with Crippen molar-refractivity contribution >= 4 is 16.9 Å². The molecule has 1 aliphatic rings. The monoisotopic (exact) mass is 328 g/mol. The van der Waals surface area contributed by atoms with Crippen LogP contribution in [0.15, 0.2) is 18.9 Å². The van der Waals surface area contributed by atoms with Gasteiger partial charge in [-0.2, -0.15) is 5.10 Å². The van der Waals surface area contributed by atoms with Crippen LogP contribution in [0.25, 0.3) is 11.0 Å². The predicted octanol–water partition coefficient (Wildman–Crippen LogP) is 0.331. The number of piperidine rings is 1. The van der Waals surface area contributed by atoms with E-state index in [1.165, 1.54) is 0 Å². The van der Waals surface area contributed by atoms with E-state index in [1.54, 1.807) is 23.5 Å². The number of fused-ring (bicyclic) bond motifs is 1. The van der Waals surface area contributed by atoms with E-state index in [2.05, 4.69) is 30.2 Å². The van der Waals surface area contributed by atoms with Crippen LogP contribution in [-0.2, 0) is 13.6 Å². The molecule has 9 nitrogen and oxygen atoms in total. The molecule has 0 bridgehead atoms. The predicted molar refractivity (Wildman–Crippen MR) is 87.6 cm³/mol. The van der Waals surface area contributed by atoms with Crippen LogP contribution in [0.5, 0.6) is 0 Å². The lowest BCUT2D eigenvalue weighted by atomic mass is 9.97. The minimum atomic E-state index is 0.0358. The quantitative estimate of drug-likeness (QED) is 0.737. The molecule has 0 saturated carbocycles. The Morgan fingerprint density at radius 1 is 1.33 bits per heavy atom. The number of hydrogen-bond donors (Lipinski definition) is 1. The first-order chi connectivity index (χ1) is 11.8. The molecule has 1 aliphatic heterocycles. The zero-order valence-corrected chi connectivity index (χ0v) is 13.6. The number of anilines is 1. The molecule has 0 spiro atoms. The normalized spacial score (nSPS) is 18.4. The van der Waals surface area contributed by atoms with Crippen LogP contribution in [0.1, 0.15) is 24.6 Å². The zero-order valence-electron chi connectivity index (χ0n) is 13.6. The molecule has 1 N–H and O–H groups in total. The van der Waals surface area contributed by atoms with Gasteiger partial charge in [-0.1, -0.05) is 0 Å². The number of aryl methyl sites for hydroxylation is 1. The van der Waals surface area contributed by atoms with Crippen LogP contribution in [0.3, 0.4) is 0 Å². The molecule has 4 heterocycles. The second-order valence-electron chi connectivity index (χ2n) is 6.11. The highest BCUT2D eigenvalue weighted by Gasteiger charge is 2.27. The molecule has 3 aromatic rings. The van der Waals surface area contributed by atoms with Crippen LogP contribution in [0, 0.1) is 0 Å². The second-order valence-corrected chi connectivity index (χ2v) is 6.11. The molecule has 24 heavy (non-hydrogen) atoms. The van der Waals surface area contributed by atoms with Crippen molar-refractivity contribution in [1.29, 1.82) is 0 Å². The Morgan fingerprint density at radius 3 is 3.04 bits per heavy atom. The Balaban J connectivity index is 1.66. The lowest BCUT2D eigenvalue weighted by molar-refractivity contribution is 0.271. The van der Waals surface area contributed by atoms with Gasteiger partial charge in [-0.15, -0.1) is 10.2 Å². The average molecular weight is 328 g/mol. The van der Waals surface area contributed by atoms with Gasteiger partial charge in [-0.25, -0.2) is 14.6 Å². The largest absolute Gasteiger partial charge is 0.394 e. The first-order valence-electron chi connectivity index (χ1n) is 8.14. The molecule has 3 aromatic heterocycles. The molecular weight excluding hydrogens is 308 g/mol. The molecule has 9 heteroatoms. The standard InChI is InChI=1S/C15H20N8O/c1-21-10-18-20-13(21)11-3-2-4-22(8-11)14-12-7-19-23(5-6-24)15(12)17-9-16-14/h7,9-11,24H,2-6,8H2,1H3/t11-/m1/s1. The van der Waals surface area contributed by atoms with Gasteiger partial charge in [0.1, 0.15) is 24.3 Å². The van der Waals surface area contributed by atoms with E-state index in [4.69, 9.17) is 5.11 Å². The number of rotatable bonds is 4. The molecule has 126 valence electrons. The Labute approximate surface area is 139 Å². The minimum absolute atomic E-state index is 0.0358. The van der Waals surface area contributed by atoms with Gasteiger partial charge in [0, 0.05) is 26.1 Å². The SMILES string of the molecule is Cn1cnnc1[C@@H]1CCCN(c2ncnc3c2cnn3CCO)C1. The van der Waals surface area contributed by atoms with E-state index in [-0.39, 0.29) is 6.61 Å². The number of nitrogens with zero attached hydrogens (tertiary/aromatic N) is 8. The highest BCUT2D eigenvalue weighted by Crippen LogP contribution is 2.30. The summed E-state index contributed by atoms with van der Waals surface area (Å²) in [6, 6.07) is 0. The minimum Gasteiger partial charge on any atom is -0.394 e. The van der Waals surface area contributed by atoms with E-state index in [1.807, 2.05) is 11.6 Å². The van der Waals surface area contributed by atoms with Gasteiger partial charge in [0.25, 0.3) is 0 Å². The first-order valence-corrected chi connectivity index (χ1v) is 8.14. The van der Waals surface area contributed by atoms with Crippen molar-refractivity contribution in [1.82, 2.24) is 34.5 Å². The number of aromatic nitrogens is 7. The van der Waals surface area contributed by atoms with Gasteiger partial charge in [0.15, 0.2) is 5.65 Å². The van der Waals surface area contributed by atoms with Gasteiger partial charge in [-0.3, -0.25) is 0 Å². The maximum Gasteiger partial charge on any atom is 0.163 e. The lowest BCUT2D eigenvalue weighted by Gasteiger charge is -2.33. The van der Waals surface area contributed by atoms with Crippen molar-refractivity contribution in [2.24, 2.45) is 7.05 Å². The fraction of sp³-hybridized carbons (Fsp3) is 0.533. The van der Waals surface area contributed by atoms with E-state index in [0.717, 1.165) is 48.6 Å². The summed E-state index contributed by atoms with van der Waals surface area (Å²) in [5.41, 5.74) is 0.759. The molecular formula is C15H20N8O. The summed E-state index contributed by atoms with van der Waals surface area (Å²) in [4.78, 5) is 11.1. The highest BCUT2D eigenvalue weighted by molar-refractivity contribution is 5.86. The molecule has 0 aromatic carbocycles. The fourth-order valence-electron chi connectivity index (χ4n) is 3.43. The summed E-state index contributed by atoms with van der Waals surface area (Å²) in [7, 11) is 1.98. The first kappa shape index (κ1) is 15.0. The smallest absolute Gasteiger partial charge is 0.163 e. The maximum atomic E-state index is 9.15. The topological polar surface area (TPSA) is 97.8 Å². The van der Waals surface area contributed by atoms with Gasteiger partial charge < -0.3 is 14.6 Å². The summed E-state index contributed by atoms with van der Waals surface area (Å²) >= 11 is 0. The Bertz CT molecular complexity index is 841. The molecule has 1 saturated heterocycles. The molecule has 1 atom stereocenters. The van der Waals surface area contributed by atoms with Crippen molar-refractivity contribution in [3.05, 3.63) is 24.7 Å². The third kappa shape index (κ3) is 2.50. The van der Waals surface area contributed by atoms with Crippen molar-refractivity contribution in [2.75, 3.05) is 24.6 Å². The summed E-state index contributed by atoms with van der Waals surface area (Å²) in [5.74, 6) is 2.25. The van der Waals surface area contributed by atoms with E-state index < -0.39 is 0 Å².